The van der Waals surface area contributed by atoms with Crippen molar-refractivity contribution >= 4 is 58.0 Å². The van der Waals surface area contributed by atoms with E-state index < -0.39 is 12.0 Å². The zero-order chi connectivity index (χ0) is 19.1. The number of hydrogen-bond donors (Lipinski definition) is 1. The van der Waals surface area contributed by atoms with E-state index in [2.05, 4.69) is 6.58 Å². The lowest BCUT2D eigenvalue weighted by molar-refractivity contribution is -0.145. The standard InChI is InChI=1S/C18H19NO4S3/c1-3-9-23-13-6-4-12(5-7-13)11-15-16(20)19(18(24)26-15)14(17(21)22)8-10-25-2/h3-7,11,14H,1,8-10H2,2H3,(H,21,22). The van der Waals surface area contributed by atoms with Crippen molar-refractivity contribution in [3.63, 3.8) is 0 Å². The molecule has 1 saturated heterocycles. The third-order valence-corrected chi connectivity index (χ3v) is 5.54. The predicted octanol–water partition coefficient (Wildman–Crippen LogP) is 3.66. The summed E-state index contributed by atoms with van der Waals surface area (Å²) < 4.78 is 5.70. The molecule has 1 aromatic carbocycles. The first-order valence-electron chi connectivity index (χ1n) is 7.80. The number of benzene rings is 1. The number of carbonyl (C=O) groups is 2. The van der Waals surface area contributed by atoms with E-state index in [1.807, 2.05) is 18.4 Å². The second-order valence-electron chi connectivity index (χ2n) is 5.36. The van der Waals surface area contributed by atoms with Crippen LogP contribution in [0.2, 0.25) is 0 Å². The van der Waals surface area contributed by atoms with E-state index in [4.69, 9.17) is 17.0 Å². The van der Waals surface area contributed by atoms with E-state index in [9.17, 15) is 14.7 Å². The summed E-state index contributed by atoms with van der Waals surface area (Å²) in [6.07, 6.45) is 5.62. The summed E-state index contributed by atoms with van der Waals surface area (Å²) in [4.78, 5) is 25.9. The van der Waals surface area contributed by atoms with Crippen molar-refractivity contribution in [2.24, 2.45) is 0 Å². The summed E-state index contributed by atoms with van der Waals surface area (Å²) in [5.74, 6) is -0.0578. The van der Waals surface area contributed by atoms with Gasteiger partial charge in [-0.25, -0.2) is 4.79 Å². The number of hydrogen-bond acceptors (Lipinski definition) is 6. The average molecular weight is 410 g/mol. The minimum atomic E-state index is -1.04. The number of thioether (sulfide) groups is 2. The Bertz CT molecular complexity index is 730. The zero-order valence-corrected chi connectivity index (χ0v) is 16.7. The quantitative estimate of drug-likeness (QED) is 0.379. The summed E-state index contributed by atoms with van der Waals surface area (Å²) >= 11 is 7.92. The lowest BCUT2D eigenvalue weighted by Gasteiger charge is -2.22. The van der Waals surface area contributed by atoms with Gasteiger partial charge in [0.15, 0.2) is 0 Å². The van der Waals surface area contributed by atoms with Crippen LogP contribution < -0.4 is 4.74 Å². The molecule has 138 valence electrons. The Morgan fingerprint density at radius 3 is 2.73 bits per heavy atom. The molecule has 1 unspecified atom stereocenters. The van der Waals surface area contributed by atoms with Gasteiger partial charge in [-0.1, -0.05) is 48.8 Å². The van der Waals surface area contributed by atoms with Gasteiger partial charge in [0.05, 0.1) is 4.91 Å². The molecular formula is C18H19NO4S3. The van der Waals surface area contributed by atoms with Crippen LogP contribution in [0.15, 0.2) is 41.8 Å². The summed E-state index contributed by atoms with van der Waals surface area (Å²) in [5.41, 5.74) is 0.812. The SMILES string of the molecule is C=CCOc1ccc(C=C2SC(=S)N(C(CCSC)C(=O)O)C2=O)cc1. The number of thiocarbonyl (C=S) groups is 1. The molecule has 1 aliphatic heterocycles. The number of nitrogens with zero attached hydrogens (tertiary/aromatic N) is 1. The highest BCUT2D eigenvalue weighted by Gasteiger charge is 2.40. The largest absolute Gasteiger partial charge is 0.490 e. The summed E-state index contributed by atoms with van der Waals surface area (Å²) in [6.45, 7) is 4.02. The fourth-order valence-corrected chi connectivity index (χ4v) is 4.12. The maximum Gasteiger partial charge on any atom is 0.326 e. The zero-order valence-electron chi connectivity index (χ0n) is 14.2. The van der Waals surface area contributed by atoms with Crippen molar-refractivity contribution < 1.29 is 19.4 Å². The molecule has 1 fully saturated rings. The van der Waals surface area contributed by atoms with E-state index in [1.165, 1.54) is 16.7 Å². The Hall–Kier alpha value is -1.77. The molecule has 0 aromatic heterocycles. The van der Waals surface area contributed by atoms with Crippen LogP contribution in [0.5, 0.6) is 5.75 Å². The van der Waals surface area contributed by atoms with Crippen LogP contribution in [0, 0.1) is 0 Å². The normalized spacial score (nSPS) is 16.8. The molecule has 1 aliphatic rings. The highest BCUT2D eigenvalue weighted by molar-refractivity contribution is 8.26. The van der Waals surface area contributed by atoms with Crippen LogP contribution in [-0.4, -0.2) is 50.9 Å². The third kappa shape index (κ3) is 5.12. The highest BCUT2D eigenvalue weighted by Crippen LogP contribution is 2.35. The number of carboxylic acids is 1. The lowest BCUT2D eigenvalue weighted by Crippen LogP contribution is -2.44. The van der Waals surface area contributed by atoms with Gasteiger partial charge in [-0.15, -0.1) is 0 Å². The van der Waals surface area contributed by atoms with Crippen LogP contribution in [0.1, 0.15) is 12.0 Å². The van der Waals surface area contributed by atoms with Crippen molar-refractivity contribution in [2.45, 2.75) is 12.5 Å². The van der Waals surface area contributed by atoms with Crippen molar-refractivity contribution in [1.29, 1.82) is 0 Å². The van der Waals surface area contributed by atoms with E-state index >= 15 is 0 Å². The van der Waals surface area contributed by atoms with Crippen molar-refractivity contribution in [3.8, 4) is 5.75 Å². The molecule has 1 atom stereocenters. The molecule has 1 aromatic rings. The van der Waals surface area contributed by atoms with Crippen molar-refractivity contribution in [1.82, 2.24) is 4.90 Å². The molecule has 2 rings (SSSR count). The molecule has 0 radical (unpaired) electrons. The second-order valence-corrected chi connectivity index (χ2v) is 8.02. The molecule has 0 aliphatic carbocycles. The molecule has 8 heteroatoms. The van der Waals surface area contributed by atoms with Gasteiger partial charge in [0.1, 0.15) is 22.7 Å². The topological polar surface area (TPSA) is 66.8 Å². The third-order valence-electron chi connectivity index (χ3n) is 3.56. The number of rotatable bonds is 9. The number of ether oxygens (including phenoxy) is 1. The molecular weight excluding hydrogens is 390 g/mol. The van der Waals surface area contributed by atoms with Crippen LogP contribution >= 0.6 is 35.7 Å². The maximum absolute atomic E-state index is 12.7. The van der Waals surface area contributed by atoms with E-state index in [0.29, 0.717) is 29.4 Å². The van der Waals surface area contributed by atoms with Gasteiger partial charge in [-0.3, -0.25) is 9.69 Å². The molecule has 26 heavy (non-hydrogen) atoms. The van der Waals surface area contributed by atoms with Gasteiger partial charge < -0.3 is 9.84 Å². The average Bonchev–Trinajstić information content (AvgIpc) is 2.89. The Kier molecular flexibility index (Phi) is 7.74. The van der Waals surface area contributed by atoms with E-state index in [0.717, 1.165) is 17.3 Å². The maximum atomic E-state index is 12.7. The second kappa shape index (κ2) is 9.80. The number of carboxylic acid groups (broad SMARTS) is 1. The highest BCUT2D eigenvalue weighted by atomic mass is 32.2. The number of aliphatic carboxylic acids is 1. The fourth-order valence-electron chi connectivity index (χ4n) is 2.31. The molecule has 0 spiro atoms. The summed E-state index contributed by atoms with van der Waals surface area (Å²) in [5, 5.41) is 9.46. The number of carbonyl (C=O) groups excluding carboxylic acids is 1. The Labute approximate surface area is 166 Å². The fraction of sp³-hybridized carbons (Fsp3) is 0.278. The van der Waals surface area contributed by atoms with Crippen LogP contribution in [0.3, 0.4) is 0 Å². The Balaban J connectivity index is 2.17. The molecule has 1 heterocycles. The van der Waals surface area contributed by atoms with Gasteiger partial charge in [0.2, 0.25) is 0 Å². The van der Waals surface area contributed by atoms with Crippen LogP contribution in [-0.2, 0) is 9.59 Å². The first-order valence-corrected chi connectivity index (χ1v) is 10.4. The molecule has 5 nitrogen and oxygen atoms in total. The minimum absolute atomic E-state index is 0.278. The van der Waals surface area contributed by atoms with Crippen molar-refractivity contribution in [3.05, 3.63) is 47.4 Å². The van der Waals surface area contributed by atoms with Crippen LogP contribution in [0.25, 0.3) is 6.08 Å². The molecule has 0 saturated carbocycles. The Morgan fingerprint density at radius 2 is 2.15 bits per heavy atom. The predicted molar refractivity (Wildman–Crippen MR) is 112 cm³/mol. The first kappa shape index (κ1) is 20.5. The molecule has 1 N–H and O–H groups in total. The Morgan fingerprint density at radius 1 is 1.46 bits per heavy atom. The number of amides is 1. The summed E-state index contributed by atoms with van der Waals surface area (Å²) in [6, 6.07) is 6.32. The van der Waals surface area contributed by atoms with Gasteiger partial charge >= 0.3 is 5.97 Å². The molecule has 1 amide bonds. The van der Waals surface area contributed by atoms with Gasteiger partial charge in [-0.05, 0) is 42.2 Å². The van der Waals surface area contributed by atoms with E-state index in [-0.39, 0.29) is 10.2 Å². The smallest absolute Gasteiger partial charge is 0.326 e. The van der Waals surface area contributed by atoms with E-state index in [1.54, 1.807) is 24.3 Å². The van der Waals surface area contributed by atoms with Crippen molar-refractivity contribution in [2.75, 3.05) is 18.6 Å². The molecule has 0 bridgehead atoms. The van der Waals surface area contributed by atoms with Gasteiger partial charge in [0.25, 0.3) is 5.91 Å². The lowest BCUT2D eigenvalue weighted by atomic mass is 10.1. The van der Waals surface area contributed by atoms with Gasteiger partial charge in [0, 0.05) is 0 Å². The van der Waals surface area contributed by atoms with Crippen LogP contribution in [0.4, 0.5) is 0 Å². The monoisotopic (exact) mass is 409 g/mol. The minimum Gasteiger partial charge on any atom is -0.490 e. The summed E-state index contributed by atoms with van der Waals surface area (Å²) in [7, 11) is 0. The van der Waals surface area contributed by atoms with Gasteiger partial charge in [-0.2, -0.15) is 11.8 Å². The first-order chi connectivity index (χ1) is 12.5.